The number of halogens is 3. The highest BCUT2D eigenvalue weighted by Gasteiger charge is 2.31. The molecular weight excluding hydrogens is 128 g/mol. The van der Waals surface area contributed by atoms with E-state index in [9.17, 15) is 17.7 Å². The zero-order valence-corrected chi connectivity index (χ0v) is 4.54. The maximum absolute atomic E-state index is 10.9. The van der Waals surface area contributed by atoms with Crippen molar-refractivity contribution >= 4 is 7.80 Å². The van der Waals surface area contributed by atoms with Crippen molar-refractivity contribution in [1.29, 1.82) is 0 Å². The number of hydrogen-bond acceptors (Lipinski definition) is 1. The van der Waals surface area contributed by atoms with E-state index < -0.39 is 13.7 Å². The Balaban J connectivity index is 3.79. The molecule has 0 rings (SSSR count). The van der Waals surface area contributed by atoms with Gasteiger partial charge in [0.2, 0.25) is 0 Å². The summed E-state index contributed by atoms with van der Waals surface area (Å²) >= 11 is 0. The summed E-state index contributed by atoms with van der Waals surface area (Å²) in [7, 11) is -3.30. The van der Waals surface area contributed by atoms with Gasteiger partial charge in [0.25, 0.3) is 0 Å². The number of hydrogen-bond donors (Lipinski definition) is 0. The van der Waals surface area contributed by atoms with Crippen LogP contribution in [0.15, 0.2) is 0 Å². The Morgan fingerprint density at radius 2 is 1.57 bits per heavy atom. The Morgan fingerprint density at radius 1 is 1.43 bits per heavy atom. The molecule has 0 fully saturated rings. The van der Waals surface area contributed by atoms with Crippen molar-refractivity contribution in [2.45, 2.75) is 5.92 Å². The maximum atomic E-state index is 10.9. The molecule has 1 atom stereocenters. The highest BCUT2D eigenvalue weighted by atomic mass is 31.1. The van der Waals surface area contributed by atoms with Crippen molar-refractivity contribution in [3.05, 3.63) is 0 Å². The smallest absolute Gasteiger partial charge is 0.317 e. The van der Waals surface area contributed by atoms with Crippen LogP contribution in [-0.2, 0) is 4.57 Å². The molecule has 0 saturated carbocycles. The van der Waals surface area contributed by atoms with Crippen LogP contribution in [0.2, 0.25) is 0 Å². The largest absolute Gasteiger partial charge is 0.436 e. The zero-order chi connectivity index (χ0) is 6.08. The fourth-order valence-corrected chi connectivity index (χ4v) is 0. The molecular formula is C2H4F3OP. The molecule has 0 heterocycles. The minimum atomic E-state index is -4.45. The van der Waals surface area contributed by atoms with Crippen LogP contribution in [0.1, 0.15) is 0 Å². The van der Waals surface area contributed by atoms with E-state index in [-0.39, 0.29) is 0 Å². The molecule has 0 aliphatic heterocycles. The third-order valence-corrected chi connectivity index (χ3v) is 1.20. The van der Waals surface area contributed by atoms with Crippen LogP contribution < -0.4 is 0 Å². The van der Waals surface area contributed by atoms with Crippen LogP contribution in [-0.4, -0.2) is 12.6 Å². The van der Waals surface area contributed by atoms with Gasteiger partial charge < -0.3 is 4.57 Å². The van der Waals surface area contributed by atoms with E-state index in [4.69, 9.17) is 0 Å². The Kier molecular flexibility index (Phi) is 1.87. The summed E-state index contributed by atoms with van der Waals surface area (Å²) in [6, 6.07) is 0. The molecule has 5 heteroatoms. The summed E-state index contributed by atoms with van der Waals surface area (Å²) in [4.78, 5) is 0. The lowest BCUT2D eigenvalue weighted by Crippen LogP contribution is -1.96. The first-order valence-electron chi connectivity index (χ1n) is 1.52. The summed E-state index contributed by atoms with van der Waals surface area (Å²) in [5, 5.41) is 0. The van der Waals surface area contributed by atoms with Gasteiger partial charge in [-0.25, -0.2) is 0 Å². The molecule has 44 valence electrons. The molecule has 0 aromatic rings. The predicted molar refractivity (Wildman–Crippen MR) is 21.0 cm³/mol. The molecule has 0 saturated heterocycles. The van der Waals surface area contributed by atoms with E-state index in [2.05, 4.69) is 0 Å². The van der Waals surface area contributed by atoms with E-state index in [0.29, 0.717) is 6.66 Å². The van der Waals surface area contributed by atoms with Crippen molar-refractivity contribution in [3.63, 3.8) is 0 Å². The van der Waals surface area contributed by atoms with Crippen LogP contribution >= 0.6 is 7.80 Å². The van der Waals surface area contributed by atoms with E-state index in [1.54, 1.807) is 0 Å². The molecule has 7 heavy (non-hydrogen) atoms. The van der Waals surface area contributed by atoms with E-state index in [1.165, 1.54) is 0 Å². The van der Waals surface area contributed by atoms with Gasteiger partial charge in [-0.1, -0.05) is 0 Å². The molecule has 0 spiro atoms. The van der Waals surface area contributed by atoms with Crippen LogP contribution in [0, 0.1) is 0 Å². The summed E-state index contributed by atoms with van der Waals surface area (Å²) in [5.74, 6) is -4.45. The lowest BCUT2D eigenvalue weighted by Gasteiger charge is -1.97. The molecule has 0 aliphatic rings. The van der Waals surface area contributed by atoms with E-state index in [0.717, 1.165) is 0 Å². The van der Waals surface area contributed by atoms with Gasteiger partial charge in [0.15, 0.2) is 7.80 Å². The molecule has 0 radical (unpaired) electrons. The summed E-state index contributed by atoms with van der Waals surface area (Å²) in [6.07, 6.45) is 0. The topological polar surface area (TPSA) is 17.1 Å². The highest BCUT2D eigenvalue weighted by molar-refractivity contribution is 7.44. The summed E-state index contributed by atoms with van der Waals surface area (Å²) in [6.45, 7) is 0.671. The van der Waals surface area contributed by atoms with E-state index in [1.807, 2.05) is 0 Å². The molecule has 1 unspecified atom stereocenters. The molecule has 1 nitrogen and oxygen atoms in total. The summed E-state index contributed by atoms with van der Waals surface area (Å²) < 4.78 is 42.3. The maximum Gasteiger partial charge on any atom is 0.436 e. The highest BCUT2D eigenvalue weighted by Crippen LogP contribution is 2.39. The molecule has 0 aromatic carbocycles. The van der Waals surface area contributed by atoms with Crippen LogP contribution in [0.3, 0.4) is 0 Å². The SMILES string of the molecule is C[PH](=O)C(F)(F)F. The van der Waals surface area contributed by atoms with Crippen molar-refractivity contribution < 1.29 is 17.7 Å². The summed E-state index contributed by atoms with van der Waals surface area (Å²) in [5.41, 5.74) is 0. The predicted octanol–water partition coefficient (Wildman–Crippen LogP) is 1.70. The van der Waals surface area contributed by atoms with Gasteiger partial charge in [0.05, 0.1) is 0 Å². The fraction of sp³-hybridized carbons (Fsp3) is 1.00. The standard InChI is InChI=1S/C2H4F3OP/c1-7(6)2(3,4)5/h7H,1H3. The van der Waals surface area contributed by atoms with Gasteiger partial charge in [0, 0.05) is 0 Å². The zero-order valence-electron chi connectivity index (χ0n) is 3.54. The van der Waals surface area contributed by atoms with Crippen molar-refractivity contribution in [3.8, 4) is 0 Å². The fourth-order valence-electron chi connectivity index (χ4n) is 0. The first-order chi connectivity index (χ1) is 2.94. The van der Waals surface area contributed by atoms with Crippen LogP contribution in [0.5, 0.6) is 0 Å². The molecule has 0 amide bonds. The number of rotatable bonds is 0. The second kappa shape index (κ2) is 1.86. The molecule has 0 aromatic heterocycles. The van der Waals surface area contributed by atoms with Crippen LogP contribution in [0.4, 0.5) is 13.2 Å². The Labute approximate surface area is 39.3 Å². The van der Waals surface area contributed by atoms with Crippen molar-refractivity contribution in [2.75, 3.05) is 6.66 Å². The van der Waals surface area contributed by atoms with Crippen molar-refractivity contribution in [1.82, 2.24) is 0 Å². The third-order valence-electron chi connectivity index (χ3n) is 0.399. The van der Waals surface area contributed by atoms with Gasteiger partial charge >= 0.3 is 5.92 Å². The van der Waals surface area contributed by atoms with Gasteiger partial charge in [0.1, 0.15) is 0 Å². The first kappa shape index (κ1) is 7.02. The molecule has 0 bridgehead atoms. The average molecular weight is 132 g/mol. The van der Waals surface area contributed by atoms with Gasteiger partial charge in [-0.15, -0.1) is 0 Å². The lowest BCUT2D eigenvalue weighted by atomic mass is 11.6. The van der Waals surface area contributed by atoms with Crippen molar-refractivity contribution in [2.24, 2.45) is 0 Å². The van der Waals surface area contributed by atoms with Gasteiger partial charge in [-0.05, 0) is 6.66 Å². The van der Waals surface area contributed by atoms with Crippen LogP contribution in [0.25, 0.3) is 0 Å². The minimum Gasteiger partial charge on any atom is -0.317 e. The first-order valence-corrected chi connectivity index (χ1v) is 3.43. The second-order valence-electron chi connectivity index (χ2n) is 1.05. The molecule has 0 aliphatic carbocycles. The van der Waals surface area contributed by atoms with Gasteiger partial charge in [-0.2, -0.15) is 13.2 Å². The second-order valence-corrected chi connectivity index (χ2v) is 2.73. The quantitative estimate of drug-likeness (QED) is 0.458. The normalized spacial score (nSPS) is 16.6. The Morgan fingerprint density at radius 3 is 1.57 bits per heavy atom. The number of alkyl halides is 3. The lowest BCUT2D eigenvalue weighted by molar-refractivity contribution is -0.0420. The molecule has 0 N–H and O–H groups in total. The Hall–Kier alpha value is 0.0200. The Bertz CT molecular complexity index is 85.4. The monoisotopic (exact) mass is 132 g/mol. The minimum absolute atomic E-state index is 0.671. The third kappa shape index (κ3) is 2.68. The van der Waals surface area contributed by atoms with E-state index >= 15 is 0 Å². The van der Waals surface area contributed by atoms with Gasteiger partial charge in [-0.3, -0.25) is 0 Å². The average Bonchev–Trinajstić information content (AvgIpc) is 1.31.